The molecule has 9 rings (SSSR count). The van der Waals surface area contributed by atoms with Crippen LogP contribution in [0.4, 0.5) is 0 Å². The van der Waals surface area contributed by atoms with Crippen LogP contribution in [0.3, 0.4) is 0 Å². The summed E-state index contributed by atoms with van der Waals surface area (Å²) in [6.07, 6.45) is 26.3. The summed E-state index contributed by atoms with van der Waals surface area (Å²) in [7, 11) is 0. The molecule has 0 aromatic carbocycles. The van der Waals surface area contributed by atoms with Crippen LogP contribution in [-0.4, -0.2) is 0 Å². The van der Waals surface area contributed by atoms with Crippen molar-refractivity contribution in [2.75, 3.05) is 0 Å². The lowest BCUT2D eigenvalue weighted by molar-refractivity contribution is 0.551. The molecule has 9 aliphatic rings. The van der Waals surface area contributed by atoms with Crippen LogP contribution in [0.2, 0.25) is 0 Å². The topological polar surface area (TPSA) is 0 Å². The highest BCUT2D eigenvalue weighted by atomic mass is 14.5. The summed E-state index contributed by atoms with van der Waals surface area (Å²) in [4.78, 5) is 0. The maximum atomic E-state index is 2.35. The van der Waals surface area contributed by atoms with Crippen molar-refractivity contribution in [3.63, 3.8) is 0 Å². The molecule has 6 atom stereocenters. The van der Waals surface area contributed by atoms with Crippen LogP contribution in [0.1, 0.15) is 254 Å². The third-order valence-corrected chi connectivity index (χ3v) is 16.8. The second-order valence-electron chi connectivity index (χ2n) is 23.7. The molecule has 0 heterocycles. The van der Waals surface area contributed by atoms with Gasteiger partial charge in [0.05, 0.1) is 0 Å². The van der Waals surface area contributed by atoms with Gasteiger partial charge in [0, 0.05) is 0 Å². The summed E-state index contributed by atoms with van der Waals surface area (Å²) in [5.41, 5.74) is 3.00. The lowest BCUT2D eigenvalue weighted by atomic mass is 10.1. The van der Waals surface area contributed by atoms with Gasteiger partial charge in [-0.05, 0) is 157 Å². The zero-order valence-corrected chi connectivity index (χ0v) is 41.7. The summed E-state index contributed by atoms with van der Waals surface area (Å²) in [5.74, 6) is 12.6. The maximum absolute atomic E-state index is 2.35. The van der Waals surface area contributed by atoms with E-state index in [9.17, 15) is 0 Å². The van der Waals surface area contributed by atoms with E-state index in [4.69, 9.17) is 0 Å². The zero-order chi connectivity index (χ0) is 41.7. The Bertz CT molecular complexity index is 860. The van der Waals surface area contributed by atoms with Crippen LogP contribution in [0.5, 0.6) is 0 Å². The van der Waals surface area contributed by atoms with Crippen LogP contribution < -0.4 is 0 Å². The highest BCUT2D eigenvalue weighted by Crippen LogP contribution is 2.52. The van der Waals surface area contributed by atoms with Crippen LogP contribution in [0.25, 0.3) is 0 Å². The minimum Gasteiger partial charge on any atom is -0.0654 e. The third-order valence-electron chi connectivity index (χ3n) is 16.8. The van der Waals surface area contributed by atoms with Crippen molar-refractivity contribution in [1.29, 1.82) is 0 Å². The Kier molecular flexibility index (Phi) is 22.7. The molecule has 0 N–H and O–H groups in total. The van der Waals surface area contributed by atoms with Gasteiger partial charge in [0.25, 0.3) is 0 Å². The van der Waals surface area contributed by atoms with Gasteiger partial charge in [-0.1, -0.05) is 190 Å². The van der Waals surface area contributed by atoms with Crippen molar-refractivity contribution < 1.29 is 0 Å². The van der Waals surface area contributed by atoms with Crippen LogP contribution in [0, 0.1) is 92.7 Å². The van der Waals surface area contributed by atoms with E-state index in [1.165, 1.54) is 116 Å². The lowest BCUT2D eigenvalue weighted by Gasteiger charge is -1.96. The van der Waals surface area contributed by atoms with E-state index in [1.807, 2.05) is 0 Å². The van der Waals surface area contributed by atoms with Gasteiger partial charge in [-0.3, -0.25) is 0 Å². The van der Waals surface area contributed by atoms with E-state index in [1.54, 1.807) is 0 Å². The van der Waals surface area contributed by atoms with E-state index in [0.717, 1.165) is 81.8 Å². The molecule has 9 saturated carbocycles. The van der Waals surface area contributed by atoms with Crippen molar-refractivity contribution in [3.05, 3.63) is 0 Å². The third kappa shape index (κ3) is 25.4. The average Bonchev–Trinajstić information content (AvgIpc) is 3.89. The largest absolute Gasteiger partial charge is 0.0654 e. The molecule has 0 aromatic heterocycles. The van der Waals surface area contributed by atoms with Gasteiger partial charge in [0.1, 0.15) is 0 Å². The van der Waals surface area contributed by atoms with Gasteiger partial charge in [-0.2, -0.15) is 0 Å². The highest BCUT2D eigenvalue weighted by Gasteiger charge is 2.42. The van der Waals surface area contributed by atoms with Crippen LogP contribution in [-0.2, 0) is 0 Å². The Morgan fingerprint density at radius 2 is 0.778 bits per heavy atom. The van der Waals surface area contributed by atoms with Gasteiger partial charge in [-0.15, -0.1) is 0 Å². The zero-order valence-electron chi connectivity index (χ0n) is 41.7. The molecule has 324 valence electrons. The van der Waals surface area contributed by atoms with E-state index >= 15 is 0 Å². The monoisotopic (exact) mass is 757 g/mol. The van der Waals surface area contributed by atoms with Crippen molar-refractivity contribution >= 4 is 0 Å². The number of rotatable bonds is 7. The predicted molar refractivity (Wildman–Crippen MR) is 248 cm³/mol. The molecule has 4 unspecified atom stereocenters. The van der Waals surface area contributed by atoms with Crippen LogP contribution in [0.15, 0.2) is 0 Å². The lowest BCUT2D eigenvalue weighted by Crippen LogP contribution is -1.85. The van der Waals surface area contributed by atoms with Gasteiger partial charge in [-0.25, -0.2) is 0 Å². The quantitative estimate of drug-likeness (QED) is 0.243. The van der Waals surface area contributed by atoms with E-state index in [0.29, 0.717) is 10.8 Å². The van der Waals surface area contributed by atoms with Crippen molar-refractivity contribution in [2.45, 2.75) is 254 Å². The summed E-state index contributed by atoms with van der Waals surface area (Å²) in [5, 5.41) is 0. The minimum absolute atomic E-state index is 0.708. The molecule has 0 radical (unpaired) electrons. The van der Waals surface area contributed by atoms with Gasteiger partial charge in [0.15, 0.2) is 0 Å². The van der Waals surface area contributed by atoms with E-state index in [-0.39, 0.29) is 0 Å². The molecule has 0 aliphatic heterocycles. The van der Waals surface area contributed by atoms with E-state index < -0.39 is 0 Å². The number of hydrogen-bond donors (Lipinski definition) is 0. The molecule has 0 bridgehead atoms. The SMILES string of the molecule is CC(C)C1CC1.CC1C(C)C1C.CC1CC1(C)C.CCC1(C)CC1.CCC1(C)CC1.CCC1CC1C.CCC1C[C@@H]1C.CCCC1CC1.C[C@H]1CC1(C)C. The van der Waals surface area contributed by atoms with Crippen molar-refractivity contribution in [2.24, 2.45) is 92.7 Å². The first kappa shape index (κ1) is 52.0. The Labute approximate surface area is 345 Å². The second kappa shape index (κ2) is 23.6. The Hall–Kier alpha value is 0. The summed E-state index contributed by atoms with van der Waals surface area (Å²) in [6.45, 7) is 46.1. The summed E-state index contributed by atoms with van der Waals surface area (Å²) < 4.78 is 0. The fourth-order valence-corrected chi connectivity index (χ4v) is 7.02. The molecule has 0 heteroatoms. The first-order chi connectivity index (χ1) is 24.9. The smallest absolute Gasteiger partial charge is 0.0326 e. The Morgan fingerprint density at radius 1 is 0.500 bits per heavy atom. The first-order valence-electron chi connectivity index (χ1n) is 24.9. The molecule has 0 amide bonds. The van der Waals surface area contributed by atoms with Crippen molar-refractivity contribution in [1.82, 2.24) is 0 Å². The highest BCUT2D eigenvalue weighted by molar-refractivity contribution is 4.92. The molecule has 0 spiro atoms. The summed E-state index contributed by atoms with van der Waals surface area (Å²) in [6, 6.07) is 0. The summed E-state index contributed by atoms with van der Waals surface area (Å²) >= 11 is 0. The average molecular weight is 757 g/mol. The fraction of sp³-hybridized carbons (Fsp3) is 1.00. The Morgan fingerprint density at radius 3 is 0.796 bits per heavy atom. The second-order valence-corrected chi connectivity index (χ2v) is 23.7. The first-order valence-corrected chi connectivity index (χ1v) is 24.9. The van der Waals surface area contributed by atoms with Crippen molar-refractivity contribution in [3.8, 4) is 0 Å². The molecule has 0 aromatic rings. The standard InChI is InChI=1S/9C6H12/c2*1-5-4-6(5,2)3;1-5(2)6-3-4-6;1-4-5(2)6(4)3;2*1-3-6(2)4-5-6;2*1-3-6-4-5(6)2;1-2-3-6-4-5-6/h2*5H,4H2,1-3H3;5-6H,3-4H2,1-2H3;4-6H,1-3H3;2*3-5H2,1-2H3;2*5-6H,3-4H2,1-2H3;6H,2-5H2,1H3/t5-;;;;;;5-,6?;;/m0.....0../s1. The molecular weight excluding hydrogens is 649 g/mol. The normalized spacial score (nSPS) is 35.4. The maximum Gasteiger partial charge on any atom is -0.0326 e. The van der Waals surface area contributed by atoms with Crippen LogP contribution >= 0.6 is 0 Å². The van der Waals surface area contributed by atoms with Gasteiger partial charge in [0.2, 0.25) is 0 Å². The number of hydrogen-bond acceptors (Lipinski definition) is 0. The predicted octanol–water partition coefficient (Wildman–Crippen LogP) is 18.8. The van der Waals surface area contributed by atoms with Gasteiger partial charge >= 0.3 is 0 Å². The van der Waals surface area contributed by atoms with Gasteiger partial charge < -0.3 is 0 Å². The molecule has 9 aliphatic carbocycles. The fourth-order valence-electron chi connectivity index (χ4n) is 7.02. The molecular formula is C54H108. The Balaban J connectivity index is 0.000000304. The minimum atomic E-state index is 0.708. The molecule has 0 saturated heterocycles. The molecule has 0 nitrogen and oxygen atoms in total. The molecule has 9 fully saturated rings. The van der Waals surface area contributed by atoms with E-state index in [2.05, 4.69) is 138 Å². The molecule has 54 heavy (non-hydrogen) atoms.